The Morgan fingerprint density at radius 3 is 2.85 bits per heavy atom. The van der Waals surface area contributed by atoms with E-state index in [0.29, 0.717) is 18.7 Å². The highest BCUT2D eigenvalue weighted by molar-refractivity contribution is 5.40. The van der Waals surface area contributed by atoms with Gasteiger partial charge in [0.2, 0.25) is 0 Å². The van der Waals surface area contributed by atoms with Crippen LogP contribution in [0.5, 0.6) is 5.75 Å². The number of ether oxygens (including phenoxy) is 2. The molecular formula is C18H22F3N3O2. The second-order valence-corrected chi connectivity index (χ2v) is 6.15. The zero-order chi connectivity index (χ0) is 18.6. The lowest BCUT2D eigenvalue weighted by Gasteiger charge is -2.33. The van der Waals surface area contributed by atoms with E-state index >= 15 is 0 Å². The molecule has 0 saturated carbocycles. The van der Waals surface area contributed by atoms with Crippen molar-refractivity contribution >= 4 is 0 Å². The quantitative estimate of drug-likeness (QED) is 0.783. The summed E-state index contributed by atoms with van der Waals surface area (Å²) in [6.07, 6.45) is 0.514. The average molecular weight is 369 g/mol. The van der Waals surface area contributed by atoms with Gasteiger partial charge in [-0.2, -0.15) is 13.2 Å². The summed E-state index contributed by atoms with van der Waals surface area (Å²) in [5, 5.41) is 0. The summed E-state index contributed by atoms with van der Waals surface area (Å²) in [6, 6.07) is 4.19. The lowest BCUT2D eigenvalue weighted by molar-refractivity contribution is -0.139. The van der Waals surface area contributed by atoms with E-state index in [1.807, 2.05) is 10.8 Å². The Bertz CT molecular complexity index is 704. The predicted molar refractivity (Wildman–Crippen MR) is 90.0 cm³/mol. The molecule has 2 heterocycles. The van der Waals surface area contributed by atoms with Gasteiger partial charge in [-0.05, 0) is 24.6 Å². The number of benzene rings is 1. The number of morpholine rings is 1. The highest BCUT2D eigenvalue weighted by Gasteiger charge is 2.35. The summed E-state index contributed by atoms with van der Waals surface area (Å²) in [7, 11) is 0. The molecule has 5 nitrogen and oxygen atoms in total. The molecule has 1 unspecified atom stereocenters. The van der Waals surface area contributed by atoms with Crippen molar-refractivity contribution in [1.29, 1.82) is 0 Å². The van der Waals surface area contributed by atoms with Crippen molar-refractivity contribution in [1.82, 2.24) is 14.5 Å². The molecule has 1 fully saturated rings. The van der Waals surface area contributed by atoms with E-state index in [-0.39, 0.29) is 18.5 Å². The molecule has 1 atom stereocenters. The minimum Gasteiger partial charge on any atom is -0.493 e. The molecule has 1 aliphatic heterocycles. The van der Waals surface area contributed by atoms with Gasteiger partial charge in [0, 0.05) is 38.6 Å². The molecule has 0 aliphatic carbocycles. The first-order valence-electron chi connectivity index (χ1n) is 8.61. The van der Waals surface area contributed by atoms with Crippen molar-refractivity contribution in [3.05, 3.63) is 48.0 Å². The van der Waals surface area contributed by atoms with Gasteiger partial charge in [0.05, 0.1) is 31.2 Å². The number of hydrogen-bond donors (Lipinski definition) is 0. The number of halogens is 3. The Morgan fingerprint density at radius 1 is 1.31 bits per heavy atom. The third kappa shape index (κ3) is 4.56. The summed E-state index contributed by atoms with van der Waals surface area (Å²) in [5.41, 5.74) is -0.232. The molecule has 1 aromatic carbocycles. The van der Waals surface area contributed by atoms with E-state index < -0.39 is 11.7 Å². The predicted octanol–water partition coefficient (Wildman–Crippen LogP) is 3.37. The van der Waals surface area contributed by atoms with Crippen LogP contribution in [0.3, 0.4) is 0 Å². The minimum atomic E-state index is -4.46. The molecule has 0 radical (unpaired) electrons. The van der Waals surface area contributed by atoms with Crippen LogP contribution in [0, 0.1) is 0 Å². The molecule has 0 bridgehead atoms. The second-order valence-electron chi connectivity index (χ2n) is 6.15. The fourth-order valence-corrected chi connectivity index (χ4v) is 3.03. The molecule has 1 aliphatic rings. The maximum absolute atomic E-state index is 13.3. The number of aromatic nitrogens is 2. The number of imidazole rings is 1. The fourth-order valence-electron chi connectivity index (χ4n) is 3.03. The van der Waals surface area contributed by atoms with Crippen LogP contribution in [0.4, 0.5) is 13.2 Å². The first-order valence-corrected chi connectivity index (χ1v) is 8.61. The molecule has 1 saturated heterocycles. The SMILES string of the molecule is CCOc1ccc(C2CN(CCn3ccnc3)CCO2)cc1C(F)(F)F. The van der Waals surface area contributed by atoms with Gasteiger partial charge in [-0.1, -0.05) is 6.07 Å². The minimum absolute atomic E-state index is 0.142. The summed E-state index contributed by atoms with van der Waals surface area (Å²) < 4.78 is 52.8. The van der Waals surface area contributed by atoms with Crippen molar-refractivity contribution < 1.29 is 22.6 Å². The first kappa shape index (κ1) is 18.7. The van der Waals surface area contributed by atoms with Gasteiger partial charge >= 0.3 is 6.18 Å². The van der Waals surface area contributed by atoms with Crippen LogP contribution < -0.4 is 4.74 Å². The molecule has 0 spiro atoms. The van der Waals surface area contributed by atoms with E-state index in [1.54, 1.807) is 25.5 Å². The molecule has 1 aromatic heterocycles. The standard InChI is InChI=1S/C18H22F3N3O2/c1-2-25-16-4-3-14(11-15(16)18(19,20)21)17-12-23(9-10-26-17)7-8-24-6-5-22-13-24/h3-6,11,13,17H,2,7-10,12H2,1H3. The molecule has 8 heteroatoms. The van der Waals surface area contributed by atoms with E-state index in [0.717, 1.165) is 25.7 Å². The third-order valence-corrected chi connectivity index (χ3v) is 4.36. The number of hydrogen-bond acceptors (Lipinski definition) is 4. The van der Waals surface area contributed by atoms with Gasteiger partial charge in [0.25, 0.3) is 0 Å². The number of alkyl halides is 3. The van der Waals surface area contributed by atoms with Crippen molar-refractivity contribution in [2.75, 3.05) is 32.8 Å². The van der Waals surface area contributed by atoms with Gasteiger partial charge in [0.1, 0.15) is 5.75 Å². The summed E-state index contributed by atoms with van der Waals surface area (Å²) in [6.45, 7) is 5.22. The lowest BCUT2D eigenvalue weighted by Crippen LogP contribution is -2.40. The topological polar surface area (TPSA) is 39.5 Å². The Labute approximate surface area is 150 Å². The summed E-state index contributed by atoms with van der Waals surface area (Å²) in [5.74, 6) is -0.142. The van der Waals surface area contributed by atoms with Crippen molar-refractivity contribution in [3.63, 3.8) is 0 Å². The number of nitrogens with zero attached hydrogens (tertiary/aromatic N) is 3. The highest BCUT2D eigenvalue weighted by atomic mass is 19.4. The molecular weight excluding hydrogens is 347 g/mol. The summed E-state index contributed by atoms with van der Waals surface area (Å²) in [4.78, 5) is 6.20. The second kappa shape index (κ2) is 8.09. The van der Waals surface area contributed by atoms with Crippen LogP contribution in [-0.4, -0.2) is 47.3 Å². The molecule has 3 rings (SSSR count). The van der Waals surface area contributed by atoms with Crippen LogP contribution in [0.1, 0.15) is 24.2 Å². The molecule has 0 amide bonds. The maximum atomic E-state index is 13.3. The largest absolute Gasteiger partial charge is 0.493 e. The van der Waals surface area contributed by atoms with Crippen LogP contribution in [-0.2, 0) is 17.5 Å². The monoisotopic (exact) mass is 369 g/mol. The van der Waals surface area contributed by atoms with E-state index in [9.17, 15) is 13.2 Å². The smallest absolute Gasteiger partial charge is 0.419 e. The Kier molecular flexibility index (Phi) is 5.83. The van der Waals surface area contributed by atoms with Crippen molar-refractivity contribution in [2.45, 2.75) is 25.7 Å². The zero-order valence-corrected chi connectivity index (χ0v) is 14.6. The van der Waals surface area contributed by atoms with Crippen molar-refractivity contribution in [2.24, 2.45) is 0 Å². The van der Waals surface area contributed by atoms with Crippen LogP contribution in [0.2, 0.25) is 0 Å². The molecule has 0 N–H and O–H groups in total. The van der Waals surface area contributed by atoms with Gasteiger partial charge in [-0.25, -0.2) is 4.98 Å². The normalized spacial score (nSPS) is 18.8. The van der Waals surface area contributed by atoms with E-state index in [4.69, 9.17) is 9.47 Å². The zero-order valence-electron chi connectivity index (χ0n) is 14.6. The van der Waals surface area contributed by atoms with Crippen LogP contribution >= 0.6 is 0 Å². The maximum Gasteiger partial charge on any atom is 0.419 e. The average Bonchev–Trinajstić information content (AvgIpc) is 3.13. The third-order valence-electron chi connectivity index (χ3n) is 4.36. The van der Waals surface area contributed by atoms with E-state index in [2.05, 4.69) is 9.88 Å². The van der Waals surface area contributed by atoms with Gasteiger partial charge in [-0.3, -0.25) is 4.90 Å². The lowest BCUT2D eigenvalue weighted by atomic mass is 10.0. The van der Waals surface area contributed by atoms with Gasteiger partial charge < -0.3 is 14.0 Å². The highest BCUT2D eigenvalue weighted by Crippen LogP contribution is 2.38. The van der Waals surface area contributed by atoms with E-state index in [1.165, 1.54) is 6.07 Å². The fraction of sp³-hybridized carbons (Fsp3) is 0.500. The van der Waals surface area contributed by atoms with Gasteiger partial charge in [-0.15, -0.1) is 0 Å². The first-order chi connectivity index (χ1) is 12.5. The van der Waals surface area contributed by atoms with Gasteiger partial charge in [0.15, 0.2) is 0 Å². The Balaban J connectivity index is 1.71. The van der Waals surface area contributed by atoms with Crippen LogP contribution in [0.25, 0.3) is 0 Å². The number of rotatable bonds is 6. The van der Waals surface area contributed by atoms with Crippen LogP contribution in [0.15, 0.2) is 36.9 Å². The Morgan fingerprint density at radius 2 is 2.15 bits per heavy atom. The Hall–Kier alpha value is -2.06. The molecule has 26 heavy (non-hydrogen) atoms. The molecule has 142 valence electrons. The molecule has 2 aromatic rings. The van der Waals surface area contributed by atoms with Crippen molar-refractivity contribution in [3.8, 4) is 5.75 Å². The summed E-state index contributed by atoms with van der Waals surface area (Å²) >= 11 is 0.